The van der Waals surface area contributed by atoms with Crippen molar-refractivity contribution in [2.24, 2.45) is 0 Å². The molecule has 0 atom stereocenters. The van der Waals surface area contributed by atoms with Crippen LogP contribution in [0.1, 0.15) is 114 Å². The largest absolute Gasteiger partial charge is 0.461 e. The number of esters is 5. The molecule has 0 aliphatic rings. The molecule has 8 N–H and O–H groups in total. The van der Waals surface area contributed by atoms with Gasteiger partial charge in [0, 0.05) is 87.7 Å². The van der Waals surface area contributed by atoms with Gasteiger partial charge in [0.25, 0.3) is 0 Å². The van der Waals surface area contributed by atoms with Crippen LogP contribution >= 0.6 is 24.4 Å². The summed E-state index contributed by atoms with van der Waals surface area (Å²) in [6.07, 6.45) is 4.46. The summed E-state index contributed by atoms with van der Waals surface area (Å²) < 4.78 is 31.2. The molecule has 0 saturated heterocycles. The first-order valence-corrected chi connectivity index (χ1v) is 33.5. The van der Waals surface area contributed by atoms with Crippen LogP contribution in [0.2, 0.25) is 0 Å². The van der Waals surface area contributed by atoms with Crippen LogP contribution in [0.25, 0.3) is 0 Å². The van der Waals surface area contributed by atoms with Gasteiger partial charge in [0.15, 0.2) is 34.2 Å². The van der Waals surface area contributed by atoms with E-state index in [1.807, 2.05) is 10.6 Å². The summed E-state index contributed by atoms with van der Waals surface area (Å²) >= 11 is 9.45. The van der Waals surface area contributed by atoms with Gasteiger partial charge in [0.1, 0.15) is 96.7 Å². The molecule has 0 saturated carbocycles. The lowest BCUT2D eigenvalue weighted by Gasteiger charge is -2.06. The second-order valence-corrected chi connectivity index (χ2v) is 23.1. The lowest BCUT2D eigenvalue weighted by Crippen LogP contribution is -2.37. The van der Waals surface area contributed by atoms with Gasteiger partial charge in [-0.3, -0.25) is 68.8 Å². The first kappa shape index (κ1) is 96.6. The smallest absolute Gasteiger partial charge is 0.342 e. The van der Waals surface area contributed by atoms with Crippen molar-refractivity contribution in [1.29, 1.82) is 5.41 Å². The van der Waals surface area contributed by atoms with Crippen LogP contribution in [-0.2, 0) is 109 Å². The van der Waals surface area contributed by atoms with Crippen molar-refractivity contribution in [3.63, 3.8) is 0 Å². The SMILES string of the molecule is CC(=N)NC(=O)CCC(=O)OCCn1c([N+](=O)[O-])cnc1C.CC(=O)NC(=O)CCC(=O)OCCn1c([N+](=O)[O-])cnc1C.CC(=S)NC(=O)CCC(=O)OCCn1c([N+](=O)[O-])cnc1C.CNC(=O)NC(=O)CCC(=O)OCCn1c([N+](=O)[O-])cnc1C.CNC(=S)NC(=O)CCC(=O)OCCn1c([N+](=O)[O-])cnc1C. The van der Waals surface area contributed by atoms with Crippen molar-refractivity contribution in [3.05, 3.63) is 111 Å². The van der Waals surface area contributed by atoms with Gasteiger partial charge in [-0.25, -0.2) is 52.5 Å². The number of amides is 8. The minimum Gasteiger partial charge on any atom is -0.461 e. The Morgan fingerprint density at radius 3 is 0.795 bits per heavy atom. The van der Waals surface area contributed by atoms with Crippen LogP contribution in [0.4, 0.5) is 33.9 Å². The Morgan fingerprint density at radius 1 is 0.366 bits per heavy atom. The number of aromatic nitrogens is 10. The molecule has 0 radical (unpaired) electrons. The van der Waals surface area contributed by atoms with Crippen molar-refractivity contribution in [3.8, 4) is 0 Å². The van der Waals surface area contributed by atoms with E-state index >= 15 is 0 Å². The third kappa shape index (κ3) is 38.9. The van der Waals surface area contributed by atoms with E-state index in [0.29, 0.717) is 34.1 Å². The predicted molar refractivity (Wildman–Crippen MR) is 388 cm³/mol. The molecule has 5 aromatic heterocycles. The normalized spacial score (nSPS) is 10.1. The first-order chi connectivity index (χ1) is 52.6. The van der Waals surface area contributed by atoms with E-state index in [0.717, 1.165) is 31.0 Å². The highest BCUT2D eigenvalue weighted by molar-refractivity contribution is 7.80. The average Bonchev–Trinajstić information content (AvgIpc) is 1.74. The maximum atomic E-state index is 11.5. The standard InChI is InChI=1S/C12H17N5O6.C12H17N5O5S.C12H17N5O5.C12H16N4O6.C12H16N4O5S/c1-8-14-7-10(17(21)22)16(8)5-6-23-11(19)4-3-9(18)15-12(20)13-2;1-8-14-7-10(17(20)21)16(8)5-6-22-11(19)4-3-9(18)15-12(23)13-2;1-8(13)15-10(18)3-4-12(19)22-6-5-16-9(2)14-7-11(16)17(20)21;1-8-13-7-11(16(20)21)15(8)5-6-22-12(19)4-3-10(18)14-9(2)17;1-8-13-7-11(16(19)20)15(8)5-6-21-12(18)4-3-10(17)14-9(2)22/h7H,3-6H2,1-2H3,(H2,13,15,18,20);7H,3-6H2,1-2H3,(H2,13,15,18,23);7H,3-6H2,1-2H3,(H2,13,15,18);7H,3-6H2,1-2H3,(H,14,17,18);7H,3-6H2,1-2H3,(H,14,17,22). The third-order valence-corrected chi connectivity index (χ3v) is 14.1. The zero-order valence-corrected chi connectivity index (χ0v) is 63.7. The Hall–Kier alpha value is -13.5. The zero-order chi connectivity index (χ0) is 84.9. The number of imidazole rings is 5. The van der Waals surface area contributed by atoms with Crippen LogP contribution in [0.3, 0.4) is 0 Å². The van der Waals surface area contributed by atoms with Crippen molar-refractivity contribution in [2.75, 3.05) is 47.1 Å². The summed E-state index contributed by atoms with van der Waals surface area (Å²) in [6, 6.07) is -0.661. The van der Waals surface area contributed by atoms with Crippen molar-refractivity contribution in [2.45, 2.75) is 152 Å². The number of nitrogens with one attached hydrogen (secondary N) is 8. The number of aryl methyl sites for hydroxylation is 5. The summed E-state index contributed by atoms with van der Waals surface area (Å²) in [6.45, 7) is 12.4. The quantitative estimate of drug-likeness (QED) is 0.00541. The maximum absolute atomic E-state index is 11.5. The van der Waals surface area contributed by atoms with Crippen LogP contribution < -0.4 is 37.2 Å². The molecule has 52 heteroatoms. The molecule has 50 nitrogen and oxygen atoms in total. The van der Waals surface area contributed by atoms with E-state index in [9.17, 15) is 108 Å². The molecule has 5 heterocycles. The van der Waals surface area contributed by atoms with Gasteiger partial charge in [-0.2, -0.15) is 0 Å². The van der Waals surface area contributed by atoms with Crippen LogP contribution in [-0.4, -0.2) is 207 Å². The number of imide groups is 2. The highest BCUT2D eigenvalue weighted by Gasteiger charge is 2.24. The minimum absolute atomic E-state index is 0.00117. The number of nitrogens with zero attached hydrogens (tertiary/aromatic N) is 15. The fourth-order valence-electron chi connectivity index (χ4n) is 8.38. The van der Waals surface area contributed by atoms with Gasteiger partial charge < -0.3 is 101 Å². The number of amidine groups is 1. The number of nitro groups is 5. The van der Waals surface area contributed by atoms with Crippen LogP contribution in [0.15, 0.2) is 31.0 Å². The van der Waals surface area contributed by atoms with E-state index in [4.69, 9.17) is 53.5 Å². The van der Waals surface area contributed by atoms with E-state index in [2.05, 4.69) is 51.5 Å². The van der Waals surface area contributed by atoms with Crippen molar-refractivity contribution in [1.82, 2.24) is 85.0 Å². The monoisotopic (exact) mass is 1620 g/mol. The molecule has 0 aromatic carbocycles. The Morgan fingerprint density at radius 2 is 0.589 bits per heavy atom. The van der Waals surface area contributed by atoms with Gasteiger partial charge in [0.05, 0.1) is 42.9 Å². The summed E-state index contributed by atoms with van der Waals surface area (Å²) in [5, 5.41) is 77.0. The molecule has 0 fully saturated rings. The summed E-state index contributed by atoms with van der Waals surface area (Å²) in [4.78, 5) is 206. The molecule has 612 valence electrons. The van der Waals surface area contributed by atoms with E-state index in [1.54, 1.807) is 48.6 Å². The lowest BCUT2D eigenvalue weighted by molar-refractivity contribution is -0.392. The van der Waals surface area contributed by atoms with Crippen LogP contribution in [0.5, 0.6) is 0 Å². The number of hydrogen-bond acceptors (Lipinski definition) is 35. The Kier molecular flexibility index (Phi) is 43.9. The molecule has 8 amide bonds. The number of carbonyl (C=O) groups excluding carboxylic acids is 12. The molecule has 5 aromatic rings. The number of urea groups is 1. The van der Waals surface area contributed by atoms with Crippen LogP contribution in [0, 0.1) is 90.6 Å². The Balaban J connectivity index is 0.000000700. The van der Waals surface area contributed by atoms with E-state index < -0.39 is 90.0 Å². The number of rotatable bonds is 35. The van der Waals surface area contributed by atoms with Gasteiger partial charge in [-0.15, -0.1) is 0 Å². The number of hydrogen-bond donors (Lipinski definition) is 8. The van der Waals surface area contributed by atoms with E-state index in [1.165, 1.54) is 43.7 Å². The maximum Gasteiger partial charge on any atom is 0.342 e. The van der Waals surface area contributed by atoms with Gasteiger partial charge in [-0.1, -0.05) is 12.2 Å². The molecule has 112 heavy (non-hydrogen) atoms. The predicted octanol–water partition coefficient (Wildman–Crippen LogP) is 1.43. The zero-order valence-electron chi connectivity index (χ0n) is 62.1. The molecule has 0 spiro atoms. The molecular formula is C60H83N23O27S2. The van der Waals surface area contributed by atoms with Gasteiger partial charge in [-0.05, 0) is 50.7 Å². The molecule has 5 rings (SSSR count). The fourth-order valence-corrected chi connectivity index (χ4v) is 8.60. The highest BCUT2D eigenvalue weighted by atomic mass is 32.1. The van der Waals surface area contributed by atoms with E-state index in [-0.39, 0.29) is 176 Å². The first-order valence-electron chi connectivity index (χ1n) is 32.7. The molecule has 0 aliphatic carbocycles. The molecule has 0 unspecified atom stereocenters. The van der Waals surface area contributed by atoms with Gasteiger partial charge >= 0.3 is 65.0 Å². The van der Waals surface area contributed by atoms with Crippen molar-refractivity contribution < 1.29 is 106 Å². The minimum atomic E-state index is -0.661. The molecule has 0 bridgehead atoms. The average molecular weight is 1620 g/mol. The third-order valence-electron chi connectivity index (χ3n) is 13.7. The molecule has 0 aliphatic heterocycles. The Bertz CT molecular complexity index is 3880. The second-order valence-electron chi connectivity index (χ2n) is 22.1. The Labute approximate surface area is 644 Å². The van der Waals surface area contributed by atoms with Gasteiger partial charge in [0.2, 0.25) is 35.4 Å². The summed E-state index contributed by atoms with van der Waals surface area (Å²) in [7, 11) is 2.92. The fraction of sp³-hybridized carbons (Fsp3) is 0.500. The van der Waals surface area contributed by atoms with Crippen molar-refractivity contribution >= 4 is 141 Å². The lowest BCUT2D eigenvalue weighted by atomic mass is 10.3. The topological polar surface area (TPSA) is 664 Å². The second kappa shape index (κ2) is 51.0. The number of thiocarbonyl (C=S) groups is 2. The summed E-state index contributed by atoms with van der Waals surface area (Å²) in [5.41, 5.74) is 0. The molecular weight excluding hydrogens is 1540 g/mol. The highest BCUT2D eigenvalue weighted by Crippen LogP contribution is 2.18. The number of carbonyl (C=O) groups is 12. The number of ether oxygens (including phenoxy) is 5. The summed E-state index contributed by atoms with van der Waals surface area (Å²) in [5.74, 6) is -4.51.